The lowest BCUT2D eigenvalue weighted by Crippen LogP contribution is -2.00. The van der Waals surface area contributed by atoms with E-state index in [1.54, 1.807) is 0 Å². The van der Waals surface area contributed by atoms with Crippen LogP contribution in [0.3, 0.4) is 0 Å². The van der Waals surface area contributed by atoms with E-state index < -0.39 is 5.97 Å². The SMILES string of the molecule is CCc1ccccc1OCCCCCC(=O)O. The number of hydrogen-bond acceptors (Lipinski definition) is 2. The van der Waals surface area contributed by atoms with Crippen LogP contribution in [0.25, 0.3) is 0 Å². The van der Waals surface area contributed by atoms with E-state index in [1.807, 2.05) is 18.2 Å². The monoisotopic (exact) mass is 236 g/mol. The molecule has 0 aliphatic rings. The summed E-state index contributed by atoms with van der Waals surface area (Å²) in [7, 11) is 0. The average Bonchev–Trinajstić information content (AvgIpc) is 2.33. The highest BCUT2D eigenvalue weighted by atomic mass is 16.5. The molecule has 0 spiro atoms. The van der Waals surface area contributed by atoms with Crippen LogP contribution in [0.2, 0.25) is 0 Å². The largest absolute Gasteiger partial charge is 0.493 e. The van der Waals surface area contributed by atoms with Crippen LogP contribution in [0.5, 0.6) is 5.75 Å². The molecule has 3 nitrogen and oxygen atoms in total. The van der Waals surface area contributed by atoms with Crippen LogP contribution in [-0.2, 0) is 11.2 Å². The van der Waals surface area contributed by atoms with Crippen molar-refractivity contribution in [3.63, 3.8) is 0 Å². The van der Waals surface area contributed by atoms with E-state index in [2.05, 4.69) is 13.0 Å². The van der Waals surface area contributed by atoms with Gasteiger partial charge in [0.2, 0.25) is 0 Å². The Morgan fingerprint density at radius 2 is 2.00 bits per heavy atom. The van der Waals surface area contributed by atoms with Gasteiger partial charge in [-0.25, -0.2) is 0 Å². The minimum absolute atomic E-state index is 0.256. The first-order valence-electron chi connectivity index (χ1n) is 6.16. The molecule has 94 valence electrons. The fourth-order valence-electron chi connectivity index (χ4n) is 1.67. The first-order chi connectivity index (χ1) is 8.24. The molecule has 0 saturated carbocycles. The van der Waals surface area contributed by atoms with Crippen LogP contribution in [0.4, 0.5) is 0 Å². The fourth-order valence-corrected chi connectivity index (χ4v) is 1.67. The number of benzene rings is 1. The van der Waals surface area contributed by atoms with Gasteiger partial charge in [0.05, 0.1) is 6.61 Å². The van der Waals surface area contributed by atoms with Gasteiger partial charge in [0, 0.05) is 6.42 Å². The Morgan fingerprint density at radius 3 is 2.71 bits per heavy atom. The van der Waals surface area contributed by atoms with E-state index in [9.17, 15) is 4.79 Å². The average molecular weight is 236 g/mol. The summed E-state index contributed by atoms with van der Waals surface area (Å²) in [6, 6.07) is 8.04. The first-order valence-corrected chi connectivity index (χ1v) is 6.16. The number of rotatable bonds is 8. The number of carboxylic acids is 1. The van der Waals surface area contributed by atoms with Gasteiger partial charge in [0.15, 0.2) is 0 Å². The van der Waals surface area contributed by atoms with E-state index in [0.717, 1.165) is 31.4 Å². The maximum absolute atomic E-state index is 10.3. The molecule has 0 atom stereocenters. The molecule has 0 aliphatic carbocycles. The van der Waals surface area contributed by atoms with E-state index >= 15 is 0 Å². The summed E-state index contributed by atoms with van der Waals surface area (Å²) < 4.78 is 5.69. The minimum Gasteiger partial charge on any atom is -0.493 e. The van der Waals surface area contributed by atoms with Gasteiger partial charge in [-0.15, -0.1) is 0 Å². The Balaban J connectivity index is 2.19. The van der Waals surface area contributed by atoms with Crippen LogP contribution in [0.15, 0.2) is 24.3 Å². The van der Waals surface area contributed by atoms with Crippen molar-refractivity contribution in [1.82, 2.24) is 0 Å². The minimum atomic E-state index is -0.720. The molecule has 0 unspecified atom stereocenters. The summed E-state index contributed by atoms with van der Waals surface area (Å²) in [5.41, 5.74) is 1.22. The topological polar surface area (TPSA) is 46.5 Å². The van der Waals surface area contributed by atoms with E-state index in [0.29, 0.717) is 6.61 Å². The number of aliphatic carboxylic acids is 1. The van der Waals surface area contributed by atoms with Gasteiger partial charge in [-0.3, -0.25) is 4.79 Å². The van der Waals surface area contributed by atoms with Crippen molar-refractivity contribution in [2.75, 3.05) is 6.61 Å². The molecule has 17 heavy (non-hydrogen) atoms. The van der Waals surface area contributed by atoms with E-state index in [1.165, 1.54) is 5.56 Å². The summed E-state index contributed by atoms with van der Waals surface area (Å²) in [6.07, 6.45) is 3.76. The molecule has 1 aromatic rings. The summed E-state index contributed by atoms with van der Waals surface area (Å²) in [5.74, 6) is 0.232. The number of unbranched alkanes of at least 4 members (excludes halogenated alkanes) is 2. The number of ether oxygens (including phenoxy) is 1. The van der Waals surface area contributed by atoms with Gasteiger partial charge in [0.1, 0.15) is 5.75 Å². The third-order valence-electron chi connectivity index (χ3n) is 2.65. The second-order valence-electron chi connectivity index (χ2n) is 4.01. The summed E-state index contributed by atoms with van der Waals surface area (Å²) in [5, 5.41) is 8.49. The molecular weight excluding hydrogens is 216 g/mol. The maximum atomic E-state index is 10.3. The predicted octanol–water partition coefficient (Wildman–Crippen LogP) is 3.27. The van der Waals surface area contributed by atoms with Crippen LogP contribution in [-0.4, -0.2) is 17.7 Å². The Kier molecular flexibility index (Phi) is 6.15. The van der Waals surface area contributed by atoms with Crippen LogP contribution in [0, 0.1) is 0 Å². The summed E-state index contributed by atoms with van der Waals surface area (Å²) in [6.45, 7) is 2.77. The number of hydrogen-bond donors (Lipinski definition) is 1. The predicted molar refractivity (Wildman–Crippen MR) is 67.4 cm³/mol. The third-order valence-corrected chi connectivity index (χ3v) is 2.65. The normalized spacial score (nSPS) is 10.2. The zero-order valence-electron chi connectivity index (χ0n) is 10.3. The Labute approximate surface area is 102 Å². The molecule has 0 amide bonds. The van der Waals surface area contributed by atoms with Gasteiger partial charge in [0.25, 0.3) is 0 Å². The number of carboxylic acid groups (broad SMARTS) is 1. The van der Waals surface area contributed by atoms with Crippen molar-refractivity contribution in [3.05, 3.63) is 29.8 Å². The maximum Gasteiger partial charge on any atom is 0.303 e. The zero-order chi connectivity index (χ0) is 12.5. The standard InChI is InChI=1S/C14H20O3/c1-2-12-8-5-6-9-13(12)17-11-7-3-4-10-14(15)16/h5-6,8-9H,2-4,7,10-11H2,1H3,(H,15,16). The first kappa shape index (κ1) is 13.6. The highest BCUT2D eigenvalue weighted by molar-refractivity contribution is 5.66. The van der Waals surface area contributed by atoms with Crippen LogP contribution in [0.1, 0.15) is 38.2 Å². The molecule has 0 bridgehead atoms. The van der Waals surface area contributed by atoms with Crippen LogP contribution < -0.4 is 4.74 Å². The lowest BCUT2D eigenvalue weighted by Gasteiger charge is -2.09. The number of aryl methyl sites for hydroxylation is 1. The molecule has 0 radical (unpaired) electrons. The highest BCUT2D eigenvalue weighted by Gasteiger charge is 2.00. The Hall–Kier alpha value is -1.51. The van der Waals surface area contributed by atoms with Crippen molar-refractivity contribution >= 4 is 5.97 Å². The van der Waals surface area contributed by atoms with Crippen molar-refractivity contribution in [2.24, 2.45) is 0 Å². The highest BCUT2D eigenvalue weighted by Crippen LogP contribution is 2.18. The second kappa shape index (κ2) is 7.71. The molecule has 0 fully saturated rings. The molecular formula is C14H20O3. The van der Waals surface area contributed by atoms with Gasteiger partial charge >= 0.3 is 5.97 Å². The molecule has 3 heteroatoms. The zero-order valence-corrected chi connectivity index (χ0v) is 10.3. The summed E-state index contributed by atoms with van der Waals surface area (Å²) >= 11 is 0. The Morgan fingerprint density at radius 1 is 1.24 bits per heavy atom. The quantitative estimate of drug-likeness (QED) is 0.705. The van der Waals surface area contributed by atoms with Gasteiger partial charge in [-0.2, -0.15) is 0 Å². The number of para-hydroxylation sites is 1. The lowest BCUT2D eigenvalue weighted by molar-refractivity contribution is -0.137. The van der Waals surface area contributed by atoms with Crippen molar-refractivity contribution in [1.29, 1.82) is 0 Å². The summed E-state index contributed by atoms with van der Waals surface area (Å²) in [4.78, 5) is 10.3. The van der Waals surface area contributed by atoms with Crippen molar-refractivity contribution < 1.29 is 14.6 Å². The molecule has 0 aliphatic heterocycles. The fraction of sp³-hybridized carbons (Fsp3) is 0.500. The van der Waals surface area contributed by atoms with Gasteiger partial charge < -0.3 is 9.84 Å². The lowest BCUT2D eigenvalue weighted by atomic mass is 10.1. The molecule has 0 aromatic heterocycles. The van der Waals surface area contributed by atoms with E-state index in [4.69, 9.17) is 9.84 Å². The molecule has 0 saturated heterocycles. The second-order valence-corrected chi connectivity index (χ2v) is 4.01. The van der Waals surface area contributed by atoms with Gasteiger partial charge in [-0.05, 0) is 37.3 Å². The third kappa shape index (κ3) is 5.38. The molecule has 1 N–H and O–H groups in total. The smallest absolute Gasteiger partial charge is 0.303 e. The number of carbonyl (C=O) groups is 1. The van der Waals surface area contributed by atoms with E-state index in [-0.39, 0.29) is 6.42 Å². The van der Waals surface area contributed by atoms with Gasteiger partial charge in [-0.1, -0.05) is 25.1 Å². The van der Waals surface area contributed by atoms with Crippen molar-refractivity contribution in [2.45, 2.75) is 39.0 Å². The van der Waals surface area contributed by atoms with Crippen molar-refractivity contribution in [3.8, 4) is 5.75 Å². The molecule has 1 rings (SSSR count). The Bertz CT molecular complexity index is 347. The molecule has 0 heterocycles. The van der Waals surface area contributed by atoms with Crippen LogP contribution >= 0.6 is 0 Å². The molecule has 1 aromatic carbocycles.